The highest BCUT2D eigenvalue weighted by Crippen LogP contribution is 2.23. The molecule has 1 heterocycles. The normalized spacial score (nSPS) is 13.9. The zero-order chi connectivity index (χ0) is 20.1. The molecule has 1 aliphatic rings. The summed E-state index contributed by atoms with van der Waals surface area (Å²) >= 11 is 0. The second-order valence-electron chi connectivity index (χ2n) is 7.19. The van der Waals surface area contributed by atoms with Crippen LogP contribution in [0.3, 0.4) is 0 Å². The average Bonchev–Trinajstić information content (AvgIpc) is 3.06. The van der Waals surface area contributed by atoms with Crippen LogP contribution in [-0.2, 0) is 11.3 Å². The van der Waals surface area contributed by atoms with Gasteiger partial charge in [-0.1, -0.05) is 44.2 Å². The van der Waals surface area contributed by atoms with E-state index in [1.54, 1.807) is 16.9 Å². The quantitative estimate of drug-likeness (QED) is 0.800. The van der Waals surface area contributed by atoms with Crippen LogP contribution in [0.15, 0.2) is 48.5 Å². The fraction of sp³-hybridized carbons (Fsp3) is 0.364. The van der Waals surface area contributed by atoms with Gasteiger partial charge in [-0.3, -0.25) is 9.69 Å². The molecule has 0 spiro atoms. The number of amides is 3. The molecule has 0 saturated carbocycles. The van der Waals surface area contributed by atoms with E-state index in [9.17, 15) is 9.59 Å². The number of carbonyl (C=O) groups excluding carboxylic acids is 2. The highest BCUT2D eigenvalue weighted by molar-refractivity contribution is 5.96. The topological polar surface area (TPSA) is 61.9 Å². The number of rotatable bonds is 7. The van der Waals surface area contributed by atoms with E-state index in [-0.39, 0.29) is 18.5 Å². The molecule has 0 radical (unpaired) electrons. The summed E-state index contributed by atoms with van der Waals surface area (Å²) in [6.07, 6.45) is 0. The second kappa shape index (κ2) is 8.78. The summed E-state index contributed by atoms with van der Waals surface area (Å²) in [5, 5.41) is 2.86. The number of hydrogen-bond donors (Lipinski definition) is 1. The number of urea groups is 1. The molecule has 3 rings (SSSR count). The number of nitrogens with zero attached hydrogens (tertiary/aromatic N) is 2. The van der Waals surface area contributed by atoms with Crippen molar-refractivity contribution >= 4 is 17.6 Å². The number of benzene rings is 2. The van der Waals surface area contributed by atoms with Gasteiger partial charge < -0.3 is 15.0 Å². The Balaban J connectivity index is 1.55. The largest absolute Gasteiger partial charge is 0.496 e. The second-order valence-corrected chi connectivity index (χ2v) is 7.19. The van der Waals surface area contributed by atoms with Gasteiger partial charge >= 0.3 is 6.03 Å². The SMILES string of the molecule is COc1ccccc1CNC(=O)CN1CCN(c2ccc(C(C)C)cc2)C1=O. The molecule has 6 heteroatoms. The first-order valence-electron chi connectivity index (χ1n) is 9.54. The van der Waals surface area contributed by atoms with E-state index in [2.05, 4.69) is 31.3 Å². The molecule has 0 aromatic heterocycles. The number of nitrogens with one attached hydrogen (secondary N) is 1. The number of hydrogen-bond acceptors (Lipinski definition) is 3. The van der Waals surface area contributed by atoms with Gasteiger partial charge in [0.05, 0.1) is 7.11 Å². The minimum Gasteiger partial charge on any atom is -0.496 e. The minimum atomic E-state index is -0.184. The van der Waals surface area contributed by atoms with Crippen molar-refractivity contribution < 1.29 is 14.3 Å². The van der Waals surface area contributed by atoms with Crippen LogP contribution in [0.2, 0.25) is 0 Å². The lowest BCUT2D eigenvalue weighted by molar-refractivity contribution is -0.121. The van der Waals surface area contributed by atoms with Gasteiger partial charge in [-0.15, -0.1) is 0 Å². The molecule has 1 N–H and O–H groups in total. The molecule has 28 heavy (non-hydrogen) atoms. The summed E-state index contributed by atoms with van der Waals surface area (Å²) in [6, 6.07) is 15.5. The van der Waals surface area contributed by atoms with Gasteiger partial charge in [-0.25, -0.2) is 4.79 Å². The summed E-state index contributed by atoms with van der Waals surface area (Å²) in [6.45, 7) is 5.81. The lowest BCUT2D eigenvalue weighted by atomic mass is 10.0. The maximum atomic E-state index is 12.7. The first kappa shape index (κ1) is 19.7. The summed E-state index contributed by atoms with van der Waals surface area (Å²) in [7, 11) is 1.60. The van der Waals surface area contributed by atoms with E-state index in [0.29, 0.717) is 25.6 Å². The van der Waals surface area contributed by atoms with Crippen molar-refractivity contribution in [3.05, 3.63) is 59.7 Å². The maximum absolute atomic E-state index is 12.7. The Morgan fingerprint density at radius 1 is 1.11 bits per heavy atom. The predicted molar refractivity (Wildman–Crippen MR) is 110 cm³/mol. The number of para-hydroxylation sites is 1. The Bertz CT molecular complexity index is 833. The van der Waals surface area contributed by atoms with E-state index in [4.69, 9.17) is 4.74 Å². The highest BCUT2D eigenvalue weighted by atomic mass is 16.5. The van der Waals surface area contributed by atoms with E-state index in [1.807, 2.05) is 36.4 Å². The third-order valence-electron chi connectivity index (χ3n) is 4.97. The molecule has 148 valence electrons. The van der Waals surface area contributed by atoms with Crippen molar-refractivity contribution in [2.45, 2.75) is 26.3 Å². The fourth-order valence-corrected chi connectivity index (χ4v) is 3.28. The maximum Gasteiger partial charge on any atom is 0.325 e. The predicted octanol–water partition coefficient (Wildman–Crippen LogP) is 3.38. The zero-order valence-corrected chi connectivity index (χ0v) is 16.6. The molecule has 0 aliphatic carbocycles. The Labute approximate surface area is 166 Å². The van der Waals surface area contributed by atoms with Crippen molar-refractivity contribution in [3.63, 3.8) is 0 Å². The van der Waals surface area contributed by atoms with Crippen LogP contribution in [0.5, 0.6) is 5.75 Å². The van der Waals surface area contributed by atoms with Crippen LogP contribution in [0.4, 0.5) is 10.5 Å². The van der Waals surface area contributed by atoms with Gasteiger partial charge in [0.25, 0.3) is 0 Å². The van der Waals surface area contributed by atoms with Crippen LogP contribution >= 0.6 is 0 Å². The van der Waals surface area contributed by atoms with Crippen LogP contribution < -0.4 is 15.0 Å². The Morgan fingerprint density at radius 3 is 2.50 bits per heavy atom. The third kappa shape index (κ3) is 4.44. The zero-order valence-electron chi connectivity index (χ0n) is 16.6. The Morgan fingerprint density at radius 2 is 1.82 bits per heavy atom. The molecular weight excluding hydrogens is 354 g/mol. The van der Waals surface area contributed by atoms with E-state index in [1.165, 1.54) is 5.56 Å². The molecule has 1 aliphatic heterocycles. The van der Waals surface area contributed by atoms with Gasteiger partial charge in [0.2, 0.25) is 5.91 Å². The van der Waals surface area contributed by atoms with Crippen LogP contribution in [0.1, 0.15) is 30.9 Å². The number of methoxy groups -OCH3 is 1. The van der Waals surface area contributed by atoms with Crippen molar-refractivity contribution in [3.8, 4) is 5.75 Å². The first-order chi connectivity index (χ1) is 13.5. The van der Waals surface area contributed by atoms with E-state index < -0.39 is 0 Å². The Kier molecular flexibility index (Phi) is 6.19. The molecule has 1 saturated heterocycles. The fourth-order valence-electron chi connectivity index (χ4n) is 3.28. The van der Waals surface area contributed by atoms with Crippen LogP contribution in [0, 0.1) is 0 Å². The number of anilines is 1. The van der Waals surface area contributed by atoms with Crippen molar-refractivity contribution in [2.75, 3.05) is 31.6 Å². The standard InChI is InChI=1S/C22H27N3O3/c1-16(2)17-8-10-19(11-9-17)25-13-12-24(22(25)27)15-21(26)23-14-18-6-4-5-7-20(18)28-3/h4-11,16H,12-15H2,1-3H3,(H,23,26). The van der Waals surface area contributed by atoms with Crippen molar-refractivity contribution in [1.29, 1.82) is 0 Å². The summed E-state index contributed by atoms with van der Waals surface area (Å²) in [5.41, 5.74) is 3.01. The summed E-state index contributed by atoms with van der Waals surface area (Å²) in [4.78, 5) is 28.3. The lowest BCUT2D eigenvalue weighted by Gasteiger charge is -2.19. The number of ether oxygens (including phenoxy) is 1. The van der Waals surface area contributed by atoms with Gasteiger partial charge in [0, 0.05) is 30.9 Å². The van der Waals surface area contributed by atoms with E-state index >= 15 is 0 Å². The van der Waals surface area contributed by atoms with Gasteiger partial charge in [-0.2, -0.15) is 0 Å². The molecule has 2 aromatic rings. The van der Waals surface area contributed by atoms with Crippen molar-refractivity contribution in [2.24, 2.45) is 0 Å². The summed E-state index contributed by atoms with van der Waals surface area (Å²) < 4.78 is 5.29. The molecule has 0 bridgehead atoms. The molecule has 0 atom stereocenters. The molecule has 6 nitrogen and oxygen atoms in total. The molecule has 3 amide bonds. The third-order valence-corrected chi connectivity index (χ3v) is 4.97. The molecule has 2 aromatic carbocycles. The number of carbonyl (C=O) groups is 2. The van der Waals surface area contributed by atoms with Gasteiger partial charge in [-0.05, 0) is 29.7 Å². The smallest absolute Gasteiger partial charge is 0.325 e. The molecule has 1 fully saturated rings. The highest BCUT2D eigenvalue weighted by Gasteiger charge is 2.30. The lowest BCUT2D eigenvalue weighted by Crippen LogP contribution is -2.39. The van der Waals surface area contributed by atoms with Crippen LogP contribution in [0.25, 0.3) is 0 Å². The summed E-state index contributed by atoms with van der Waals surface area (Å²) in [5.74, 6) is 0.999. The van der Waals surface area contributed by atoms with Gasteiger partial charge in [0.1, 0.15) is 12.3 Å². The average molecular weight is 381 g/mol. The Hall–Kier alpha value is -3.02. The van der Waals surface area contributed by atoms with E-state index in [0.717, 1.165) is 17.0 Å². The first-order valence-corrected chi connectivity index (χ1v) is 9.54. The molecule has 0 unspecified atom stereocenters. The van der Waals surface area contributed by atoms with Gasteiger partial charge in [0.15, 0.2) is 0 Å². The van der Waals surface area contributed by atoms with Crippen molar-refractivity contribution in [1.82, 2.24) is 10.2 Å². The van der Waals surface area contributed by atoms with Crippen LogP contribution in [-0.4, -0.2) is 43.6 Å². The molecular formula is C22H27N3O3. The monoisotopic (exact) mass is 381 g/mol. The minimum absolute atomic E-state index is 0.0502.